The van der Waals surface area contributed by atoms with Gasteiger partial charge in [-0.25, -0.2) is 14.6 Å². The van der Waals surface area contributed by atoms with E-state index in [1.807, 2.05) is 36.7 Å². The second kappa shape index (κ2) is 9.13. The fourth-order valence-electron chi connectivity index (χ4n) is 3.89. The minimum atomic E-state index is 0.204. The molecule has 162 valence electrons. The van der Waals surface area contributed by atoms with E-state index >= 15 is 0 Å². The minimum absolute atomic E-state index is 0.204. The van der Waals surface area contributed by atoms with Crippen LogP contribution in [0.4, 0.5) is 5.95 Å². The van der Waals surface area contributed by atoms with Crippen molar-refractivity contribution < 1.29 is 4.74 Å². The van der Waals surface area contributed by atoms with Crippen molar-refractivity contribution in [3.05, 3.63) is 72.8 Å². The van der Waals surface area contributed by atoms with Crippen molar-refractivity contribution >= 4 is 5.95 Å². The van der Waals surface area contributed by atoms with Crippen LogP contribution in [0.25, 0.3) is 16.8 Å². The minimum Gasteiger partial charge on any atom is -0.490 e. The van der Waals surface area contributed by atoms with E-state index < -0.39 is 0 Å². The van der Waals surface area contributed by atoms with Gasteiger partial charge in [0.2, 0.25) is 5.95 Å². The molecule has 0 radical (unpaired) electrons. The molecular formula is C24H25N7O. The summed E-state index contributed by atoms with van der Waals surface area (Å²) in [6.07, 6.45) is 8.50. The Bertz CT molecular complexity index is 1140. The van der Waals surface area contributed by atoms with Gasteiger partial charge in [0.05, 0.1) is 5.69 Å². The predicted molar refractivity (Wildman–Crippen MR) is 122 cm³/mol. The summed E-state index contributed by atoms with van der Waals surface area (Å²) in [5, 5.41) is 11.4. The van der Waals surface area contributed by atoms with Gasteiger partial charge >= 0.3 is 0 Å². The van der Waals surface area contributed by atoms with Crippen LogP contribution in [0.5, 0.6) is 5.75 Å². The fourth-order valence-corrected chi connectivity index (χ4v) is 3.89. The highest BCUT2D eigenvalue weighted by molar-refractivity contribution is 5.66. The van der Waals surface area contributed by atoms with E-state index in [0.717, 1.165) is 66.4 Å². The molecule has 1 aliphatic heterocycles. The number of benzene rings is 2. The topological polar surface area (TPSA) is 81.9 Å². The van der Waals surface area contributed by atoms with E-state index in [-0.39, 0.29) is 6.10 Å². The van der Waals surface area contributed by atoms with Gasteiger partial charge in [0, 0.05) is 38.3 Å². The molecule has 1 saturated heterocycles. The molecule has 0 N–H and O–H groups in total. The van der Waals surface area contributed by atoms with Gasteiger partial charge in [-0.05, 0) is 57.8 Å². The average Bonchev–Trinajstić information content (AvgIpc) is 3.40. The van der Waals surface area contributed by atoms with Gasteiger partial charge < -0.3 is 9.64 Å². The number of tetrazole rings is 1. The van der Waals surface area contributed by atoms with Crippen molar-refractivity contribution in [2.24, 2.45) is 0 Å². The number of anilines is 1. The molecule has 1 aliphatic rings. The average molecular weight is 428 g/mol. The largest absolute Gasteiger partial charge is 0.490 e. The lowest BCUT2D eigenvalue weighted by molar-refractivity contribution is 0.170. The SMILES string of the molecule is CCc1cnc(N2CCC(Oc3ccc(-c4cccc(-n5cnnn5)c4)cc3)CC2)nc1. The van der Waals surface area contributed by atoms with Gasteiger partial charge in [-0.3, -0.25) is 0 Å². The monoisotopic (exact) mass is 427 g/mol. The molecule has 0 atom stereocenters. The van der Waals surface area contributed by atoms with Crippen molar-refractivity contribution in [3.8, 4) is 22.6 Å². The van der Waals surface area contributed by atoms with Crippen molar-refractivity contribution in [1.29, 1.82) is 0 Å². The standard InChI is InChI=1S/C24H25N7O/c1-2-18-15-25-24(26-16-18)30-12-10-23(11-13-30)32-22-8-6-19(7-9-22)20-4-3-5-21(14-20)31-17-27-28-29-31/h3-9,14-17,23H,2,10-13H2,1H3. The van der Waals surface area contributed by atoms with Crippen LogP contribution in [0.1, 0.15) is 25.3 Å². The zero-order valence-electron chi connectivity index (χ0n) is 18.0. The van der Waals surface area contributed by atoms with E-state index in [0.29, 0.717) is 0 Å². The first-order valence-corrected chi connectivity index (χ1v) is 10.9. The Morgan fingerprint density at radius 1 is 0.969 bits per heavy atom. The first-order valence-electron chi connectivity index (χ1n) is 10.9. The zero-order valence-corrected chi connectivity index (χ0v) is 18.0. The Kier molecular flexibility index (Phi) is 5.74. The van der Waals surface area contributed by atoms with Gasteiger partial charge in [-0.15, -0.1) is 5.10 Å². The molecule has 0 amide bonds. The number of hydrogen-bond donors (Lipinski definition) is 0. The molecule has 0 saturated carbocycles. The molecule has 1 fully saturated rings. The Balaban J connectivity index is 1.19. The molecule has 0 aliphatic carbocycles. The number of piperidine rings is 1. The van der Waals surface area contributed by atoms with Crippen LogP contribution >= 0.6 is 0 Å². The number of nitrogens with zero attached hydrogens (tertiary/aromatic N) is 7. The predicted octanol–water partition coefficient (Wildman–Crippen LogP) is 3.73. The van der Waals surface area contributed by atoms with Gasteiger partial charge in [-0.2, -0.15) is 0 Å². The fraction of sp³-hybridized carbons (Fsp3) is 0.292. The summed E-state index contributed by atoms with van der Waals surface area (Å²) in [5.74, 6) is 1.71. The van der Waals surface area contributed by atoms with Crippen molar-refractivity contribution in [3.63, 3.8) is 0 Å². The number of rotatable bonds is 6. The van der Waals surface area contributed by atoms with Crippen LogP contribution < -0.4 is 9.64 Å². The summed E-state index contributed by atoms with van der Waals surface area (Å²) < 4.78 is 7.90. The number of ether oxygens (including phenoxy) is 1. The highest BCUT2D eigenvalue weighted by Crippen LogP contribution is 2.26. The third-order valence-corrected chi connectivity index (χ3v) is 5.77. The van der Waals surface area contributed by atoms with Crippen LogP contribution in [-0.2, 0) is 6.42 Å². The van der Waals surface area contributed by atoms with Crippen LogP contribution in [0, 0.1) is 0 Å². The lowest BCUT2D eigenvalue weighted by atomic mass is 10.0. The summed E-state index contributed by atoms with van der Waals surface area (Å²) in [7, 11) is 0. The molecule has 2 aromatic heterocycles. The Morgan fingerprint density at radius 2 is 1.75 bits per heavy atom. The quantitative estimate of drug-likeness (QED) is 0.464. The van der Waals surface area contributed by atoms with Crippen molar-refractivity contribution in [2.75, 3.05) is 18.0 Å². The van der Waals surface area contributed by atoms with Crippen LogP contribution in [-0.4, -0.2) is 49.4 Å². The Hall–Kier alpha value is -3.81. The lowest BCUT2D eigenvalue weighted by Gasteiger charge is -2.32. The lowest BCUT2D eigenvalue weighted by Crippen LogP contribution is -2.39. The first-order chi connectivity index (χ1) is 15.8. The van der Waals surface area contributed by atoms with Crippen molar-refractivity contribution in [1.82, 2.24) is 30.2 Å². The maximum absolute atomic E-state index is 6.25. The molecule has 3 heterocycles. The van der Waals surface area contributed by atoms with E-state index in [1.54, 1.807) is 11.0 Å². The van der Waals surface area contributed by atoms with E-state index in [1.165, 1.54) is 0 Å². The molecule has 2 aromatic carbocycles. The van der Waals surface area contributed by atoms with E-state index in [4.69, 9.17) is 4.74 Å². The second-order valence-electron chi connectivity index (χ2n) is 7.88. The number of aryl methyl sites for hydroxylation is 1. The number of hydrogen-bond acceptors (Lipinski definition) is 7. The second-order valence-corrected chi connectivity index (χ2v) is 7.88. The summed E-state index contributed by atoms with van der Waals surface area (Å²) in [4.78, 5) is 11.2. The van der Waals surface area contributed by atoms with E-state index in [9.17, 15) is 0 Å². The summed E-state index contributed by atoms with van der Waals surface area (Å²) >= 11 is 0. The smallest absolute Gasteiger partial charge is 0.225 e. The third kappa shape index (κ3) is 4.44. The molecule has 4 aromatic rings. The molecule has 0 bridgehead atoms. The van der Waals surface area contributed by atoms with Gasteiger partial charge in [0.15, 0.2) is 0 Å². The zero-order chi connectivity index (χ0) is 21.8. The summed E-state index contributed by atoms with van der Waals surface area (Å²) in [6.45, 7) is 3.91. The van der Waals surface area contributed by atoms with Crippen LogP contribution in [0.3, 0.4) is 0 Å². The van der Waals surface area contributed by atoms with Crippen LogP contribution in [0.15, 0.2) is 67.3 Å². The maximum atomic E-state index is 6.25. The highest BCUT2D eigenvalue weighted by Gasteiger charge is 2.22. The molecule has 32 heavy (non-hydrogen) atoms. The van der Waals surface area contributed by atoms with Gasteiger partial charge in [0.25, 0.3) is 0 Å². The van der Waals surface area contributed by atoms with E-state index in [2.05, 4.69) is 61.6 Å². The normalized spacial score (nSPS) is 14.5. The van der Waals surface area contributed by atoms with Gasteiger partial charge in [0.1, 0.15) is 18.2 Å². The van der Waals surface area contributed by atoms with Crippen LogP contribution in [0.2, 0.25) is 0 Å². The van der Waals surface area contributed by atoms with Crippen molar-refractivity contribution in [2.45, 2.75) is 32.3 Å². The highest BCUT2D eigenvalue weighted by atomic mass is 16.5. The first kappa shape index (κ1) is 20.1. The molecule has 8 nitrogen and oxygen atoms in total. The number of aromatic nitrogens is 6. The molecule has 5 rings (SSSR count). The third-order valence-electron chi connectivity index (χ3n) is 5.77. The maximum Gasteiger partial charge on any atom is 0.225 e. The molecule has 8 heteroatoms. The summed E-state index contributed by atoms with van der Waals surface area (Å²) in [6, 6.07) is 16.4. The summed E-state index contributed by atoms with van der Waals surface area (Å²) in [5.41, 5.74) is 4.31. The molecule has 0 spiro atoms. The molecular weight excluding hydrogens is 402 g/mol. The Morgan fingerprint density at radius 3 is 2.44 bits per heavy atom. The van der Waals surface area contributed by atoms with Gasteiger partial charge in [-0.1, -0.05) is 31.2 Å². The molecule has 0 unspecified atom stereocenters. The Labute approximate surface area is 186 Å².